The van der Waals surface area contributed by atoms with Crippen molar-refractivity contribution in [3.05, 3.63) is 52.2 Å². The summed E-state index contributed by atoms with van der Waals surface area (Å²) in [6.45, 7) is 0. The molecule has 0 atom stereocenters. The molecule has 0 saturated heterocycles. The third-order valence-corrected chi connectivity index (χ3v) is 3.49. The molecule has 2 aromatic rings. The molecule has 2 rings (SSSR count). The van der Waals surface area contributed by atoms with Crippen molar-refractivity contribution >= 4 is 29.0 Å². The van der Waals surface area contributed by atoms with Crippen LogP contribution in [-0.4, -0.2) is 36.2 Å². The molecule has 0 saturated carbocycles. The molecule has 0 aliphatic heterocycles. The molecule has 116 valence electrons. The SMILES string of the molecule is CSCc1nc(C(=O)Nc2cccc(N(C)C)c2)cc(=O)[nH]1. The largest absolute Gasteiger partial charge is 0.378 e. The summed E-state index contributed by atoms with van der Waals surface area (Å²) >= 11 is 1.52. The van der Waals surface area contributed by atoms with Gasteiger partial charge in [-0.1, -0.05) is 6.07 Å². The summed E-state index contributed by atoms with van der Waals surface area (Å²) in [7, 11) is 3.85. The zero-order valence-corrected chi connectivity index (χ0v) is 13.5. The van der Waals surface area contributed by atoms with Gasteiger partial charge < -0.3 is 15.2 Å². The fourth-order valence-electron chi connectivity index (χ4n) is 1.89. The molecule has 0 fully saturated rings. The predicted molar refractivity (Wildman–Crippen MR) is 90.8 cm³/mol. The van der Waals surface area contributed by atoms with Crippen molar-refractivity contribution in [2.45, 2.75) is 5.75 Å². The topological polar surface area (TPSA) is 78.1 Å². The third-order valence-electron chi connectivity index (χ3n) is 2.92. The number of amides is 1. The minimum Gasteiger partial charge on any atom is -0.378 e. The van der Waals surface area contributed by atoms with Crippen molar-refractivity contribution < 1.29 is 4.79 Å². The quantitative estimate of drug-likeness (QED) is 0.881. The van der Waals surface area contributed by atoms with Gasteiger partial charge in [0.05, 0.1) is 5.75 Å². The number of anilines is 2. The van der Waals surface area contributed by atoms with E-state index in [0.717, 1.165) is 5.69 Å². The Balaban J connectivity index is 2.22. The molecule has 1 aromatic heterocycles. The van der Waals surface area contributed by atoms with Crippen LogP contribution < -0.4 is 15.8 Å². The summed E-state index contributed by atoms with van der Waals surface area (Å²) in [5.41, 5.74) is 1.42. The lowest BCUT2D eigenvalue weighted by Crippen LogP contribution is -2.20. The number of aromatic nitrogens is 2. The van der Waals surface area contributed by atoms with Crippen molar-refractivity contribution in [2.75, 3.05) is 30.6 Å². The average Bonchev–Trinajstić information content (AvgIpc) is 2.47. The van der Waals surface area contributed by atoms with Gasteiger partial charge in [-0.3, -0.25) is 9.59 Å². The zero-order valence-electron chi connectivity index (χ0n) is 12.7. The van der Waals surface area contributed by atoms with Crippen molar-refractivity contribution in [2.24, 2.45) is 0 Å². The van der Waals surface area contributed by atoms with Gasteiger partial charge in [-0.25, -0.2) is 4.98 Å². The normalized spacial score (nSPS) is 10.3. The average molecular weight is 318 g/mol. The molecule has 22 heavy (non-hydrogen) atoms. The van der Waals surface area contributed by atoms with Crippen LogP contribution in [-0.2, 0) is 5.75 Å². The van der Waals surface area contributed by atoms with Crippen LogP contribution in [0.5, 0.6) is 0 Å². The van der Waals surface area contributed by atoms with E-state index in [0.29, 0.717) is 17.3 Å². The molecular formula is C15H18N4O2S. The number of rotatable bonds is 5. The first-order valence-corrected chi connectivity index (χ1v) is 8.07. The van der Waals surface area contributed by atoms with Crippen LogP contribution >= 0.6 is 11.8 Å². The fourth-order valence-corrected chi connectivity index (χ4v) is 2.30. The smallest absolute Gasteiger partial charge is 0.274 e. The number of nitrogens with one attached hydrogen (secondary N) is 2. The molecular weight excluding hydrogens is 300 g/mol. The van der Waals surface area contributed by atoms with Crippen molar-refractivity contribution in [1.29, 1.82) is 0 Å². The molecule has 2 N–H and O–H groups in total. The summed E-state index contributed by atoms with van der Waals surface area (Å²) in [4.78, 5) is 32.6. The van der Waals surface area contributed by atoms with Crippen LogP contribution in [0, 0.1) is 0 Å². The Morgan fingerprint density at radius 3 is 2.82 bits per heavy atom. The van der Waals surface area contributed by atoms with E-state index in [2.05, 4.69) is 15.3 Å². The Bertz CT molecular complexity index is 727. The molecule has 0 aliphatic rings. The predicted octanol–water partition coefficient (Wildman–Crippen LogP) is 1.95. The number of hydrogen-bond acceptors (Lipinski definition) is 5. The molecule has 6 nitrogen and oxygen atoms in total. The summed E-state index contributed by atoms with van der Waals surface area (Å²) < 4.78 is 0. The van der Waals surface area contributed by atoms with Gasteiger partial charge in [0.2, 0.25) is 0 Å². The van der Waals surface area contributed by atoms with Gasteiger partial charge in [0.1, 0.15) is 11.5 Å². The van der Waals surface area contributed by atoms with Gasteiger partial charge in [-0.05, 0) is 24.5 Å². The molecule has 0 spiro atoms. The maximum atomic E-state index is 12.3. The van der Waals surface area contributed by atoms with Crippen LogP contribution in [0.2, 0.25) is 0 Å². The summed E-state index contributed by atoms with van der Waals surface area (Å²) in [5.74, 6) is 0.642. The van der Waals surface area contributed by atoms with Gasteiger partial charge in [0, 0.05) is 31.5 Å². The van der Waals surface area contributed by atoms with Crippen molar-refractivity contribution in [1.82, 2.24) is 9.97 Å². The van der Waals surface area contributed by atoms with Crippen molar-refractivity contribution in [3.8, 4) is 0 Å². The fraction of sp³-hybridized carbons (Fsp3) is 0.267. The van der Waals surface area contributed by atoms with Gasteiger partial charge >= 0.3 is 0 Å². The second-order valence-corrected chi connectivity index (χ2v) is 5.78. The number of hydrogen-bond donors (Lipinski definition) is 2. The molecule has 0 radical (unpaired) electrons. The first kappa shape index (κ1) is 16.1. The third kappa shape index (κ3) is 4.11. The van der Waals surface area contributed by atoms with E-state index in [1.807, 2.05) is 43.5 Å². The summed E-state index contributed by atoms with van der Waals surface area (Å²) in [6, 6.07) is 8.65. The van der Waals surface area contributed by atoms with E-state index < -0.39 is 5.91 Å². The Kier molecular flexibility index (Phi) is 5.21. The molecule has 1 aromatic carbocycles. The van der Waals surface area contributed by atoms with E-state index in [-0.39, 0.29) is 11.3 Å². The Morgan fingerprint density at radius 1 is 1.36 bits per heavy atom. The van der Waals surface area contributed by atoms with Gasteiger partial charge in [0.25, 0.3) is 11.5 Å². The van der Waals surface area contributed by atoms with E-state index in [4.69, 9.17) is 0 Å². The van der Waals surface area contributed by atoms with Crippen LogP contribution in [0.4, 0.5) is 11.4 Å². The number of thioether (sulfide) groups is 1. The van der Waals surface area contributed by atoms with Crippen molar-refractivity contribution in [3.63, 3.8) is 0 Å². The lowest BCUT2D eigenvalue weighted by Gasteiger charge is -2.14. The number of carbonyl (C=O) groups excluding carboxylic acids is 1. The second-order valence-electron chi connectivity index (χ2n) is 4.91. The van der Waals surface area contributed by atoms with E-state index in [9.17, 15) is 9.59 Å². The monoisotopic (exact) mass is 318 g/mol. The van der Waals surface area contributed by atoms with Crippen LogP contribution in [0.1, 0.15) is 16.3 Å². The van der Waals surface area contributed by atoms with Crippen LogP contribution in [0.25, 0.3) is 0 Å². The minimum absolute atomic E-state index is 0.114. The van der Waals surface area contributed by atoms with E-state index in [1.54, 1.807) is 6.07 Å². The number of benzene rings is 1. The Hall–Kier alpha value is -2.28. The highest BCUT2D eigenvalue weighted by atomic mass is 32.2. The zero-order chi connectivity index (χ0) is 16.1. The summed E-state index contributed by atoms with van der Waals surface area (Å²) in [5, 5.41) is 2.76. The Labute approximate surface area is 133 Å². The minimum atomic E-state index is -0.399. The molecule has 0 bridgehead atoms. The van der Waals surface area contributed by atoms with Gasteiger partial charge in [0.15, 0.2) is 0 Å². The first-order chi connectivity index (χ1) is 10.5. The molecule has 0 aliphatic carbocycles. The van der Waals surface area contributed by atoms with E-state index >= 15 is 0 Å². The highest BCUT2D eigenvalue weighted by molar-refractivity contribution is 7.97. The number of aromatic amines is 1. The molecule has 0 unspecified atom stereocenters. The highest BCUT2D eigenvalue weighted by Gasteiger charge is 2.11. The van der Waals surface area contributed by atoms with E-state index in [1.165, 1.54) is 17.8 Å². The molecule has 1 amide bonds. The highest BCUT2D eigenvalue weighted by Crippen LogP contribution is 2.17. The lowest BCUT2D eigenvalue weighted by molar-refractivity contribution is 0.102. The van der Waals surface area contributed by atoms with Gasteiger partial charge in [-0.2, -0.15) is 11.8 Å². The van der Waals surface area contributed by atoms with Crippen LogP contribution in [0.15, 0.2) is 35.1 Å². The summed E-state index contributed by atoms with van der Waals surface area (Å²) in [6.07, 6.45) is 1.90. The van der Waals surface area contributed by atoms with Gasteiger partial charge in [-0.15, -0.1) is 0 Å². The number of nitrogens with zero attached hydrogens (tertiary/aromatic N) is 2. The maximum absolute atomic E-state index is 12.3. The Morgan fingerprint density at radius 2 is 2.14 bits per heavy atom. The number of carbonyl (C=O) groups is 1. The lowest BCUT2D eigenvalue weighted by atomic mass is 10.2. The second kappa shape index (κ2) is 7.13. The molecule has 7 heteroatoms. The standard InChI is InChI=1S/C15H18N4O2S/c1-19(2)11-6-4-5-10(7-11)16-15(21)12-8-14(20)18-13(17-12)9-22-3/h4-8H,9H2,1-3H3,(H,16,21)(H,17,18,20). The molecule has 1 heterocycles. The first-order valence-electron chi connectivity index (χ1n) is 6.67. The van der Waals surface area contributed by atoms with Crippen LogP contribution in [0.3, 0.4) is 0 Å². The number of H-pyrrole nitrogens is 1. The maximum Gasteiger partial charge on any atom is 0.274 e.